The number of aromatic nitrogens is 3. The summed E-state index contributed by atoms with van der Waals surface area (Å²) < 4.78 is 6.47. The Hall–Kier alpha value is -1.07. The molecule has 0 saturated heterocycles. The van der Waals surface area contributed by atoms with Gasteiger partial charge in [0.1, 0.15) is 5.82 Å². The molecule has 2 aromatic heterocycles. The van der Waals surface area contributed by atoms with Crippen LogP contribution in [0.25, 0.3) is 0 Å². The fraction of sp³-hybridized carbons (Fsp3) is 0.538. The van der Waals surface area contributed by atoms with Gasteiger partial charge in [-0.15, -0.1) is 0 Å². The molecule has 0 fully saturated rings. The smallest absolute Gasteiger partial charge is 0.205 e. The lowest BCUT2D eigenvalue weighted by Gasteiger charge is -2.16. The van der Waals surface area contributed by atoms with E-state index in [1.54, 1.807) is 0 Å². The summed E-state index contributed by atoms with van der Waals surface area (Å²) >= 11 is 7.43. The lowest BCUT2D eigenvalue weighted by atomic mass is 9.96. The predicted octanol–water partition coefficient (Wildman–Crippen LogP) is 3.46. The first-order valence-electron chi connectivity index (χ1n) is 6.13. The van der Waals surface area contributed by atoms with Gasteiger partial charge in [0.25, 0.3) is 0 Å². The fourth-order valence-electron chi connectivity index (χ4n) is 1.71. The van der Waals surface area contributed by atoms with Crippen molar-refractivity contribution in [2.75, 3.05) is 11.9 Å². The average molecular weight is 299 g/mol. The van der Waals surface area contributed by atoms with Crippen molar-refractivity contribution in [2.24, 2.45) is 7.05 Å². The van der Waals surface area contributed by atoms with Gasteiger partial charge in [0, 0.05) is 42.9 Å². The van der Waals surface area contributed by atoms with Crippen LogP contribution in [-0.4, -0.2) is 21.0 Å². The standard InChI is InChI=1S/C13H19ClN4S/c1-13(2,3)11-15-12(19-16-11)18(5)8-10-6-9(14)7-17(10)4/h6-7H,8H2,1-5H3. The van der Waals surface area contributed by atoms with Crippen LogP contribution in [0, 0.1) is 0 Å². The van der Waals surface area contributed by atoms with E-state index >= 15 is 0 Å². The molecule has 0 radical (unpaired) electrons. The number of rotatable bonds is 3. The monoisotopic (exact) mass is 298 g/mol. The highest BCUT2D eigenvalue weighted by Gasteiger charge is 2.21. The highest BCUT2D eigenvalue weighted by Crippen LogP contribution is 2.26. The number of aryl methyl sites for hydroxylation is 1. The molecule has 104 valence electrons. The molecule has 2 heterocycles. The molecule has 6 heteroatoms. The average Bonchev–Trinajstić information content (AvgIpc) is 2.85. The molecule has 0 amide bonds. The van der Waals surface area contributed by atoms with Crippen molar-refractivity contribution in [1.29, 1.82) is 0 Å². The molecule has 0 atom stereocenters. The second-order valence-corrected chi connectivity index (χ2v) is 6.93. The molecule has 0 aromatic carbocycles. The molecule has 0 aliphatic rings. The van der Waals surface area contributed by atoms with Crippen LogP contribution in [0.1, 0.15) is 32.3 Å². The molecule has 0 aliphatic heterocycles. The van der Waals surface area contributed by atoms with Crippen molar-refractivity contribution in [3.8, 4) is 0 Å². The van der Waals surface area contributed by atoms with Gasteiger partial charge >= 0.3 is 0 Å². The van der Waals surface area contributed by atoms with Crippen LogP contribution in [0.2, 0.25) is 5.02 Å². The van der Waals surface area contributed by atoms with Crippen molar-refractivity contribution < 1.29 is 0 Å². The van der Waals surface area contributed by atoms with E-state index in [-0.39, 0.29) is 5.41 Å². The first-order chi connectivity index (χ1) is 8.77. The van der Waals surface area contributed by atoms with E-state index in [2.05, 4.69) is 35.0 Å². The Morgan fingerprint density at radius 1 is 1.42 bits per heavy atom. The molecule has 4 nitrogen and oxygen atoms in total. The van der Waals surface area contributed by atoms with Crippen molar-refractivity contribution in [3.05, 3.63) is 28.8 Å². The summed E-state index contributed by atoms with van der Waals surface area (Å²) in [5.41, 5.74) is 1.14. The summed E-state index contributed by atoms with van der Waals surface area (Å²) in [5.74, 6) is 0.893. The van der Waals surface area contributed by atoms with E-state index in [1.165, 1.54) is 11.5 Å². The summed E-state index contributed by atoms with van der Waals surface area (Å²) in [5, 5.41) is 1.70. The second-order valence-electron chi connectivity index (χ2n) is 5.77. The van der Waals surface area contributed by atoms with Gasteiger partial charge in [0.15, 0.2) is 0 Å². The third kappa shape index (κ3) is 3.28. The Morgan fingerprint density at radius 2 is 2.11 bits per heavy atom. The largest absolute Gasteiger partial charge is 0.351 e. The fourth-order valence-corrected chi connectivity index (χ4v) is 2.80. The van der Waals surface area contributed by atoms with Crippen LogP contribution in [0.3, 0.4) is 0 Å². The third-order valence-electron chi connectivity index (χ3n) is 2.89. The van der Waals surface area contributed by atoms with Gasteiger partial charge in [-0.2, -0.15) is 4.37 Å². The van der Waals surface area contributed by atoms with Gasteiger partial charge < -0.3 is 9.47 Å². The zero-order valence-electron chi connectivity index (χ0n) is 11.9. The minimum atomic E-state index is -0.0100. The maximum absolute atomic E-state index is 5.99. The first kappa shape index (κ1) is 14.3. The van der Waals surface area contributed by atoms with E-state index in [1.807, 2.05) is 30.9 Å². The van der Waals surface area contributed by atoms with E-state index in [9.17, 15) is 0 Å². The van der Waals surface area contributed by atoms with Crippen molar-refractivity contribution in [3.63, 3.8) is 0 Å². The summed E-state index contributed by atoms with van der Waals surface area (Å²) in [6, 6.07) is 1.98. The van der Waals surface area contributed by atoms with E-state index < -0.39 is 0 Å². The maximum atomic E-state index is 5.99. The normalized spacial score (nSPS) is 11.9. The first-order valence-corrected chi connectivity index (χ1v) is 7.28. The maximum Gasteiger partial charge on any atom is 0.205 e. The Balaban J connectivity index is 2.14. The Bertz CT molecular complexity index is 567. The lowest BCUT2D eigenvalue weighted by Crippen LogP contribution is -2.19. The Labute approximate surface area is 123 Å². The van der Waals surface area contributed by atoms with Gasteiger partial charge in [-0.3, -0.25) is 0 Å². The molecule has 0 saturated carbocycles. The summed E-state index contributed by atoms with van der Waals surface area (Å²) in [6.07, 6.45) is 1.91. The molecule has 0 unspecified atom stereocenters. The van der Waals surface area contributed by atoms with Gasteiger partial charge in [-0.25, -0.2) is 4.98 Å². The van der Waals surface area contributed by atoms with Crippen molar-refractivity contribution in [2.45, 2.75) is 32.7 Å². The van der Waals surface area contributed by atoms with Crippen LogP contribution in [0.4, 0.5) is 5.13 Å². The summed E-state index contributed by atoms with van der Waals surface area (Å²) in [4.78, 5) is 6.70. The van der Waals surface area contributed by atoms with Crippen molar-refractivity contribution in [1.82, 2.24) is 13.9 Å². The van der Waals surface area contributed by atoms with Gasteiger partial charge in [0.05, 0.1) is 11.6 Å². The third-order valence-corrected chi connectivity index (χ3v) is 3.92. The summed E-state index contributed by atoms with van der Waals surface area (Å²) in [7, 11) is 4.02. The molecule has 2 rings (SSSR count). The highest BCUT2D eigenvalue weighted by molar-refractivity contribution is 7.09. The van der Waals surface area contributed by atoms with Crippen LogP contribution in [0.5, 0.6) is 0 Å². The zero-order chi connectivity index (χ0) is 14.2. The number of hydrogen-bond donors (Lipinski definition) is 0. The number of hydrogen-bond acceptors (Lipinski definition) is 4. The SMILES string of the molecule is CN(Cc1cc(Cl)cn1C)c1nc(C(C)(C)C)ns1. The van der Waals surface area contributed by atoms with Gasteiger partial charge in [-0.05, 0) is 6.07 Å². The quantitative estimate of drug-likeness (QED) is 0.870. The number of nitrogens with zero attached hydrogens (tertiary/aromatic N) is 4. The molecule has 0 spiro atoms. The Kier molecular flexibility index (Phi) is 3.87. The summed E-state index contributed by atoms with van der Waals surface area (Å²) in [6.45, 7) is 7.13. The second kappa shape index (κ2) is 5.13. The molecule has 0 N–H and O–H groups in total. The van der Waals surface area contributed by atoms with E-state index in [4.69, 9.17) is 11.6 Å². The van der Waals surface area contributed by atoms with Crippen LogP contribution < -0.4 is 4.90 Å². The molecule has 0 bridgehead atoms. The molecule has 2 aromatic rings. The minimum Gasteiger partial charge on any atom is -0.351 e. The van der Waals surface area contributed by atoms with E-state index in [0.717, 1.165) is 28.2 Å². The molecule has 19 heavy (non-hydrogen) atoms. The van der Waals surface area contributed by atoms with Gasteiger partial charge in [0.2, 0.25) is 5.13 Å². The highest BCUT2D eigenvalue weighted by atomic mass is 35.5. The lowest BCUT2D eigenvalue weighted by molar-refractivity contribution is 0.554. The van der Waals surface area contributed by atoms with Crippen LogP contribution in [0.15, 0.2) is 12.3 Å². The zero-order valence-corrected chi connectivity index (χ0v) is 13.5. The molecule has 0 aliphatic carbocycles. The van der Waals surface area contributed by atoms with E-state index in [0.29, 0.717) is 0 Å². The number of halogens is 1. The molecular formula is C13H19ClN4S. The Morgan fingerprint density at radius 3 is 2.58 bits per heavy atom. The number of anilines is 1. The predicted molar refractivity (Wildman–Crippen MR) is 81.1 cm³/mol. The van der Waals surface area contributed by atoms with Crippen LogP contribution in [-0.2, 0) is 19.0 Å². The van der Waals surface area contributed by atoms with Crippen molar-refractivity contribution >= 4 is 28.3 Å². The minimum absolute atomic E-state index is 0.0100. The van der Waals surface area contributed by atoms with Crippen LogP contribution >= 0.6 is 23.1 Å². The van der Waals surface area contributed by atoms with Gasteiger partial charge in [-0.1, -0.05) is 32.4 Å². The molecular weight excluding hydrogens is 280 g/mol. The topological polar surface area (TPSA) is 34.0 Å².